The molecule has 142 valence electrons. The van der Waals surface area contributed by atoms with Crippen molar-refractivity contribution in [2.24, 2.45) is 0 Å². The van der Waals surface area contributed by atoms with Crippen LogP contribution in [0.2, 0.25) is 0 Å². The van der Waals surface area contributed by atoms with E-state index in [2.05, 4.69) is 0 Å². The van der Waals surface area contributed by atoms with Crippen LogP contribution in [0.3, 0.4) is 0 Å². The summed E-state index contributed by atoms with van der Waals surface area (Å²) in [5.74, 6) is 0. The van der Waals surface area contributed by atoms with Crippen LogP contribution in [0.1, 0.15) is 55.4 Å². The zero-order valence-electron chi connectivity index (χ0n) is 16.3. The molecule has 0 aliphatic carbocycles. The van der Waals surface area contributed by atoms with Gasteiger partial charge in [-0.3, -0.25) is 9.80 Å². The minimum atomic E-state index is -0.533. The summed E-state index contributed by atoms with van der Waals surface area (Å²) in [6.07, 6.45) is -1.13. The maximum Gasteiger partial charge on any atom is 0.328 e. The molecule has 7 heteroatoms. The summed E-state index contributed by atoms with van der Waals surface area (Å²) in [7, 11) is 0. The summed E-state index contributed by atoms with van der Waals surface area (Å²) in [6.45, 7) is 15.8. The average molecular weight is 346 g/mol. The third-order valence-corrected chi connectivity index (χ3v) is 3.27. The van der Waals surface area contributed by atoms with Gasteiger partial charge in [-0.1, -0.05) is 0 Å². The number of urea groups is 1. The molecule has 0 bridgehead atoms. The Hall–Kier alpha value is -0.890. The first-order valence-electron chi connectivity index (χ1n) is 8.74. The second kappa shape index (κ2) is 9.56. The molecule has 7 nitrogen and oxygen atoms in total. The highest BCUT2D eigenvalue weighted by Crippen LogP contribution is 2.27. The van der Waals surface area contributed by atoms with Gasteiger partial charge in [-0.25, -0.2) is 4.79 Å². The molecule has 0 radical (unpaired) electrons. The van der Waals surface area contributed by atoms with Crippen LogP contribution >= 0.6 is 0 Å². The van der Waals surface area contributed by atoms with Gasteiger partial charge >= 0.3 is 6.03 Å². The van der Waals surface area contributed by atoms with Crippen molar-refractivity contribution in [1.29, 1.82) is 0 Å². The van der Waals surface area contributed by atoms with Crippen LogP contribution in [0.25, 0.3) is 0 Å². The summed E-state index contributed by atoms with van der Waals surface area (Å²) in [6, 6.07) is -0.201. The first-order chi connectivity index (χ1) is 11.1. The summed E-state index contributed by atoms with van der Waals surface area (Å²) in [5.41, 5.74) is 0. The number of hydrogen-bond acceptors (Lipinski definition) is 5. The molecule has 1 rings (SSSR count). The van der Waals surface area contributed by atoms with Gasteiger partial charge in [0.15, 0.2) is 12.5 Å². The Balaban J connectivity index is 3.00. The highest BCUT2D eigenvalue weighted by atomic mass is 16.6. The van der Waals surface area contributed by atoms with Gasteiger partial charge in [-0.05, 0) is 55.4 Å². The fourth-order valence-corrected chi connectivity index (χ4v) is 2.25. The average Bonchev–Trinajstić information content (AvgIpc) is 2.65. The standard InChI is InChI=1S/C17H34N2O5/c1-11(2)21-9-18-15(23-13(5)6)16(24-14(7)8)19(17(18)20)10-22-12(3)4/h11-16H,9-10H2,1-8H3. The lowest BCUT2D eigenvalue weighted by Crippen LogP contribution is -2.45. The highest BCUT2D eigenvalue weighted by molar-refractivity contribution is 5.77. The monoisotopic (exact) mass is 346 g/mol. The molecule has 0 aromatic heterocycles. The Bertz CT molecular complexity index is 353. The fourth-order valence-electron chi connectivity index (χ4n) is 2.25. The number of amides is 2. The summed E-state index contributed by atoms with van der Waals surface area (Å²) < 4.78 is 23.2. The number of nitrogens with zero attached hydrogens (tertiary/aromatic N) is 2. The van der Waals surface area contributed by atoms with Crippen molar-refractivity contribution in [3.8, 4) is 0 Å². The predicted octanol–water partition coefficient (Wildman–Crippen LogP) is 2.99. The van der Waals surface area contributed by atoms with Crippen molar-refractivity contribution >= 4 is 6.03 Å². The zero-order valence-corrected chi connectivity index (χ0v) is 16.3. The van der Waals surface area contributed by atoms with Gasteiger partial charge in [0, 0.05) is 0 Å². The van der Waals surface area contributed by atoms with Gasteiger partial charge in [0.25, 0.3) is 0 Å². The first-order valence-corrected chi connectivity index (χ1v) is 8.74. The number of carbonyl (C=O) groups excluding carboxylic acids is 1. The molecular weight excluding hydrogens is 312 g/mol. The summed E-state index contributed by atoms with van der Waals surface area (Å²) >= 11 is 0. The topological polar surface area (TPSA) is 60.5 Å². The van der Waals surface area contributed by atoms with Crippen LogP contribution in [0, 0.1) is 0 Å². The molecule has 0 aromatic rings. The minimum absolute atomic E-state index is 0.0166. The van der Waals surface area contributed by atoms with E-state index in [-0.39, 0.29) is 43.9 Å². The van der Waals surface area contributed by atoms with Gasteiger partial charge < -0.3 is 18.9 Å². The van der Waals surface area contributed by atoms with Crippen molar-refractivity contribution < 1.29 is 23.7 Å². The molecule has 1 heterocycles. The molecule has 1 aliphatic rings. The maximum absolute atomic E-state index is 12.8. The van der Waals surface area contributed by atoms with E-state index in [4.69, 9.17) is 18.9 Å². The molecule has 2 atom stereocenters. The van der Waals surface area contributed by atoms with E-state index in [0.717, 1.165) is 0 Å². The van der Waals surface area contributed by atoms with Crippen molar-refractivity contribution in [3.63, 3.8) is 0 Å². The smallest absolute Gasteiger partial charge is 0.328 e. The number of rotatable bonds is 10. The first kappa shape index (κ1) is 21.2. The molecule has 0 spiro atoms. The van der Waals surface area contributed by atoms with Crippen LogP contribution in [0.5, 0.6) is 0 Å². The lowest BCUT2D eigenvalue weighted by Gasteiger charge is -2.30. The lowest BCUT2D eigenvalue weighted by molar-refractivity contribution is -0.188. The van der Waals surface area contributed by atoms with E-state index in [0.29, 0.717) is 0 Å². The van der Waals surface area contributed by atoms with E-state index in [1.54, 1.807) is 9.80 Å². The van der Waals surface area contributed by atoms with E-state index in [9.17, 15) is 4.79 Å². The van der Waals surface area contributed by atoms with Gasteiger partial charge in [0.05, 0.1) is 24.4 Å². The largest absolute Gasteiger partial charge is 0.358 e. The number of carbonyl (C=O) groups is 1. The Morgan fingerprint density at radius 2 is 1.04 bits per heavy atom. The van der Waals surface area contributed by atoms with Crippen molar-refractivity contribution in [1.82, 2.24) is 9.80 Å². The molecule has 2 unspecified atom stereocenters. The quantitative estimate of drug-likeness (QED) is 0.608. The second-order valence-electron chi connectivity index (χ2n) is 7.06. The molecule has 1 fully saturated rings. The number of hydrogen-bond donors (Lipinski definition) is 0. The maximum atomic E-state index is 12.8. The molecule has 1 saturated heterocycles. The van der Waals surface area contributed by atoms with E-state index >= 15 is 0 Å². The Morgan fingerprint density at radius 3 is 1.29 bits per heavy atom. The van der Waals surface area contributed by atoms with Gasteiger partial charge in [0.1, 0.15) is 13.5 Å². The van der Waals surface area contributed by atoms with Crippen LogP contribution in [-0.2, 0) is 18.9 Å². The third kappa shape index (κ3) is 6.20. The molecular formula is C17H34N2O5. The van der Waals surface area contributed by atoms with Crippen molar-refractivity contribution in [2.75, 3.05) is 13.5 Å². The molecule has 0 N–H and O–H groups in total. The predicted molar refractivity (Wildman–Crippen MR) is 91.3 cm³/mol. The van der Waals surface area contributed by atoms with Gasteiger partial charge in [0.2, 0.25) is 0 Å². The molecule has 0 aromatic carbocycles. The minimum Gasteiger partial charge on any atom is -0.358 e. The molecule has 1 aliphatic heterocycles. The SMILES string of the molecule is CC(C)OCN1C(=O)N(COC(C)C)C(OC(C)C)C1OC(C)C. The van der Waals surface area contributed by atoms with E-state index in [1.165, 1.54) is 0 Å². The Kier molecular flexibility index (Phi) is 8.42. The van der Waals surface area contributed by atoms with Crippen LogP contribution < -0.4 is 0 Å². The van der Waals surface area contributed by atoms with Crippen molar-refractivity contribution in [3.05, 3.63) is 0 Å². The normalized spacial score (nSPS) is 22.1. The summed E-state index contributed by atoms with van der Waals surface area (Å²) in [4.78, 5) is 16.0. The van der Waals surface area contributed by atoms with Gasteiger partial charge in [-0.2, -0.15) is 0 Å². The fraction of sp³-hybridized carbons (Fsp3) is 0.941. The molecule has 2 amide bonds. The van der Waals surface area contributed by atoms with E-state index < -0.39 is 12.5 Å². The van der Waals surface area contributed by atoms with E-state index in [1.807, 2.05) is 55.4 Å². The highest BCUT2D eigenvalue weighted by Gasteiger charge is 2.48. The molecule has 24 heavy (non-hydrogen) atoms. The van der Waals surface area contributed by atoms with Crippen LogP contribution in [-0.4, -0.2) is 66.2 Å². The number of ether oxygens (including phenoxy) is 4. The van der Waals surface area contributed by atoms with Crippen molar-refractivity contribution in [2.45, 2.75) is 92.3 Å². The van der Waals surface area contributed by atoms with Crippen LogP contribution in [0.15, 0.2) is 0 Å². The second-order valence-corrected chi connectivity index (χ2v) is 7.06. The molecule has 0 saturated carbocycles. The lowest BCUT2D eigenvalue weighted by atomic mass is 10.4. The zero-order chi connectivity index (χ0) is 18.4. The third-order valence-electron chi connectivity index (χ3n) is 3.27. The Morgan fingerprint density at radius 1 is 0.708 bits per heavy atom. The van der Waals surface area contributed by atoms with Crippen LogP contribution in [0.4, 0.5) is 4.79 Å². The Labute approximate surface area is 146 Å². The summed E-state index contributed by atoms with van der Waals surface area (Å²) in [5, 5.41) is 0. The van der Waals surface area contributed by atoms with Gasteiger partial charge in [-0.15, -0.1) is 0 Å².